The Kier molecular flexibility index (Phi) is 7.52. The van der Waals surface area contributed by atoms with Gasteiger partial charge in [-0.05, 0) is 43.9 Å². The highest BCUT2D eigenvalue weighted by Gasteiger charge is 2.35. The Morgan fingerprint density at radius 3 is 2.50 bits per heavy atom. The molecular formula is C18H28ClNO4. The maximum atomic E-state index is 12.5. The van der Waals surface area contributed by atoms with Gasteiger partial charge in [0.05, 0.1) is 19.1 Å². The Morgan fingerprint density at radius 1 is 1.38 bits per heavy atom. The maximum Gasteiger partial charge on any atom is 0.225 e. The molecule has 0 aliphatic rings. The van der Waals surface area contributed by atoms with Crippen molar-refractivity contribution in [3.05, 3.63) is 28.3 Å². The highest BCUT2D eigenvalue weighted by Crippen LogP contribution is 2.29. The maximum absolute atomic E-state index is 12.5. The van der Waals surface area contributed by atoms with Gasteiger partial charge in [0.25, 0.3) is 0 Å². The summed E-state index contributed by atoms with van der Waals surface area (Å²) < 4.78 is 10.4. The second-order valence-electron chi connectivity index (χ2n) is 6.76. The highest BCUT2D eigenvalue weighted by atomic mass is 35.5. The zero-order chi connectivity index (χ0) is 18.5. The molecule has 0 aliphatic carbocycles. The third-order valence-corrected chi connectivity index (χ3v) is 4.22. The van der Waals surface area contributed by atoms with Crippen LogP contribution in [0.15, 0.2) is 12.1 Å². The van der Waals surface area contributed by atoms with E-state index in [2.05, 4.69) is 5.32 Å². The van der Waals surface area contributed by atoms with E-state index in [0.717, 1.165) is 5.56 Å². The lowest BCUT2D eigenvalue weighted by molar-refractivity contribution is -0.147. The van der Waals surface area contributed by atoms with E-state index in [0.29, 0.717) is 22.8 Å². The second kappa shape index (κ2) is 8.70. The Labute approximate surface area is 149 Å². The predicted octanol–water partition coefficient (Wildman–Crippen LogP) is 3.09. The van der Waals surface area contributed by atoms with Gasteiger partial charge in [-0.3, -0.25) is 4.79 Å². The minimum Gasteiger partial charge on any atom is -0.496 e. The van der Waals surface area contributed by atoms with Gasteiger partial charge in [0.2, 0.25) is 5.91 Å². The molecule has 6 heteroatoms. The van der Waals surface area contributed by atoms with Gasteiger partial charge in [-0.25, -0.2) is 0 Å². The third kappa shape index (κ3) is 5.36. The van der Waals surface area contributed by atoms with Crippen LogP contribution < -0.4 is 10.1 Å². The molecule has 0 heterocycles. The summed E-state index contributed by atoms with van der Waals surface area (Å²) in [6.07, 6.45) is -0.460. The van der Waals surface area contributed by atoms with Crippen molar-refractivity contribution in [3.8, 4) is 5.75 Å². The van der Waals surface area contributed by atoms with Crippen LogP contribution in [0.3, 0.4) is 0 Å². The lowest BCUT2D eigenvalue weighted by Gasteiger charge is -2.36. The van der Waals surface area contributed by atoms with Crippen molar-refractivity contribution in [3.63, 3.8) is 0 Å². The molecule has 1 amide bonds. The van der Waals surface area contributed by atoms with Crippen molar-refractivity contribution in [2.75, 3.05) is 14.2 Å². The van der Waals surface area contributed by atoms with Crippen LogP contribution in [0.4, 0.5) is 0 Å². The van der Waals surface area contributed by atoms with Gasteiger partial charge in [0.15, 0.2) is 6.29 Å². The minimum atomic E-state index is -1.10. The van der Waals surface area contributed by atoms with Crippen LogP contribution in [-0.2, 0) is 16.0 Å². The standard InChI is InChI=1S/C18H28ClNO4/c1-11(2)10-18(4,17(22)24-6)20-16(21)9-13-14(19)7-12(3)8-15(13)23-5/h7-8,11,17,22H,9-10H2,1-6H3,(H,20,21). The van der Waals surface area contributed by atoms with E-state index in [-0.39, 0.29) is 18.2 Å². The lowest BCUT2D eigenvalue weighted by atomic mass is 9.89. The van der Waals surface area contributed by atoms with Crippen LogP contribution >= 0.6 is 11.6 Å². The number of rotatable bonds is 8. The van der Waals surface area contributed by atoms with Gasteiger partial charge in [-0.1, -0.05) is 25.4 Å². The van der Waals surface area contributed by atoms with Gasteiger partial charge in [-0.15, -0.1) is 0 Å². The first-order chi connectivity index (χ1) is 11.1. The van der Waals surface area contributed by atoms with Crippen LogP contribution in [0, 0.1) is 12.8 Å². The lowest BCUT2D eigenvalue weighted by Crippen LogP contribution is -2.56. The number of methoxy groups -OCH3 is 2. The van der Waals surface area contributed by atoms with E-state index in [4.69, 9.17) is 21.1 Å². The molecule has 5 nitrogen and oxygen atoms in total. The van der Waals surface area contributed by atoms with Crippen LogP contribution in [-0.4, -0.2) is 37.1 Å². The highest BCUT2D eigenvalue weighted by molar-refractivity contribution is 6.31. The summed E-state index contributed by atoms with van der Waals surface area (Å²) in [5.41, 5.74) is 0.700. The van der Waals surface area contributed by atoms with Crippen LogP contribution in [0.1, 0.15) is 38.3 Å². The van der Waals surface area contributed by atoms with Gasteiger partial charge in [0, 0.05) is 17.7 Å². The number of carbonyl (C=O) groups is 1. The van der Waals surface area contributed by atoms with Crippen molar-refractivity contribution in [1.82, 2.24) is 5.32 Å². The van der Waals surface area contributed by atoms with Crippen LogP contribution in [0.2, 0.25) is 5.02 Å². The van der Waals surface area contributed by atoms with E-state index < -0.39 is 11.8 Å². The molecule has 24 heavy (non-hydrogen) atoms. The largest absolute Gasteiger partial charge is 0.496 e. The van der Waals surface area contributed by atoms with E-state index >= 15 is 0 Å². The molecule has 0 saturated heterocycles. The molecule has 1 rings (SSSR count). The van der Waals surface area contributed by atoms with Gasteiger partial charge >= 0.3 is 0 Å². The Hall–Kier alpha value is -1.30. The Bertz CT molecular complexity index is 576. The first-order valence-electron chi connectivity index (χ1n) is 7.97. The van der Waals surface area contributed by atoms with Crippen molar-refractivity contribution in [1.29, 1.82) is 0 Å². The van der Waals surface area contributed by atoms with Gasteiger partial charge in [-0.2, -0.15) is 0 Å². The fourth-order valence-corrected chi connectivity index (χ4v) is 3.27. The number of benzene rings is 1. The summed E-state index contributed by atoms with van der Waals surface area (Å²) in [6.45, 7) is 7.72. The summed E-state index contributed by atoms with van der Waals surface area (Å²) >= 11 is 6.27. The molecular weight excluding hydrogens is 330 g/mol. The van der Waals surface area contributed by atoms with Crippen molar-refractivity contribution >= 4 is 17.5 Å². The normalized spacial score (nSPS) is 15.0. The number of nitrogens with one attached hydrogen (secondary N) is 1. The van der Waals surface area contributed by atoms with E-state index in [1.165, 1.54) is 7.11 Å². The molecule has 0 bridgehead atoms. The first kappa shape index (κ1) is 20.7. The zero-order valence-electron chi connectivity index (χ0n) is 15.3. The quantitative estimate of drug-likeness (QED) is 0.701. The summed E-state index contributed by atoms with van der Waals surface area (Å²) in [5, 5.41) is 13.5. The van der Waals surface area contributed by atoms with E-state index in [9.17, 15) is 9.90 Å². The summed E-state index contributed by atoms with van der Waals surface area (Å²) in [6, 6.07) is 3.63. The second-order valence-corrected chi connectivity index (χ2v) is 7.16. The summed E-state index contributed by atoms with van der Waals surface area (Å²) in [5.74, 6) is 0.601. The fraction of sp³-hybridized carbons (Fsp3) is 0.611. The Balaban J connectivity index is 2.98. The fourth-order valence-electron chi connectivity index (χ4n) is 2.94. The number of amides is 1. The molecule has 1 aromatic rings. The molecule has 2 N–H and O–H groups in total. The topological polar surface area (TPSA) is 67.8 Å². The molecule has 0 fully saturated rings. The number of ether oxygens (including phenoxy) is 2. The molecule has 0 spiro atoms. The number of aryl methyl sites for hydroxylation is 1. The van der Waals surface area contributed by atoms with Gasteiger partial charge < -0.3 is 19.9 Å². The number of halogens is 1. The van der Waals surface area contributed by atoms with Crippen LogP contribution in [0.25, 0.3) is 0 Å². The number of hydrogen-bond acceptors (Lipinski definition) is 4. The number of aliphatic hydroxyl groups excluding tert-OH is 1. The smallest absolute Gasteiger partial charge is 0.225 e. The molecule has 2 atom stereocenters. The van der Waals surface area contributed by atoms with Crippen molar-refractivity contribution < 1.29 is 19.4 Å². The minimum absolute atomic E-state index is 0.0619. The predicted molar refractivity (Wildman–Crippen MR) is 95.5 cm³/mol. The molecule has 0 aromatic heterocycles. The average Bonchev–Trinajstić information content (AvgIpc) is 2.47. The van der Waals surface area contributed by atoms with Gasteiger partial charge in [0.1, 0.15) is 5.75 Å². The monoisotopic (exact) mass is 357 g/mol. The number of hydrogen-bond donors (Lipinski definition) is 2. The Morgan fingerprint density at radius 2 is 2.00 bits per heavy atom. The van der Waals surface area contributed by atoms with Crippen molar-refractivity contribution in [2.24, 2.45) is 5.92 Å². The van der Waals surface area contributed by atoms with E-state index in [1.807, 2.05) is 26.8 Å². The molecule has 0 radical (unpaired) electrons. The van der Waals surface area contributed by atoms with E-state index in [1.54, 1.807) is 20.1 Å². The summed E-state index contributed by atoms with van der Waals surface area (Å²) in [4.78, 5) is 12.5. The molecule has 136 valence electrons. The molecule has 2 unspecified atom stereocenters. The summed E-state index contributed by atoms with van der Waals surface area (Å²) in [7, 11) is 2.96. The number of carbonyl (C=O) groups excluding carboxylic acids is 1. The molecule has 0 saturated carbocycles. The van der Waals surface area contributed by atoms with Crippen LogP contribution in [0.5, 0.6) is 5.75 Å². The average molecular weight is 358 g/mol. The third-order valence-electron chi connectivity index (χ3n) is 3.88. The first-order valence-corrected chi connectivity index (χ1v) is 8.35. The molecule has 0 aliphatic heterocycles. The number of aliphatic hydroxyl groups is 1. The van der Waals surface area contributed by atoms with Crippen molar-refractivity contribution in [2.45, 2.75) is 52.4 Å². The zero-order valence-corrected chi connectivity index (χ0v) is 16.0. The SMILES string of the molecule is COc1cc(C)cc(Cl)c1CC(=O)NC(C)(CC(C)C)C(O)OC. The molecule has 1 aromatic carbocycles.